The van der Waals surface area contributed by atoms with Crippen molar-refractivity contribution in [2.75, 3.05) is 24.5 Å². The van der Waals surface area contributed by atoms with Gasteiger partial charge in [-0.3, -0.25) is 14.1 Å². The Morgan fingerprint density at radius 1 is 1.11 bits per heavy atom. The number of amides is 2. The molecule has 0 unspecified atom stereocenters. The van der Waals surface area contributed by atoms with Crippen molar-refractivity contribution in [3.05, 3.63) is 65.6 Å². The minimum Gasteiger partial charge on any atom is -0.465 e. The summed E-state index contributed by atoms with van der Waals surface area (Å²) in [5.41, 5.74) is 1.50. The third-order valence-corrected chi connectivity index (χ3v) is 7.36. The van der Waals surface area contributed by atoms with Gasteiger partial charge in [-0.05, 0) is 70.4 Å². The molecule has 3 aromatic rings. The molecule has 4 heterocycles. The first kappa shape index (κ1) is 25.0. The van der Waals surface area contributed by atoms with Crippen LogP contribution in [0.1, 0.15) is 62.1 Å². The van der Waals surface area contributed by atoms with Crippen molar-refractivity contribution in [2.24, 2.45) is 0 Å². The average Bonchev–Trinajstić information content (AvgIpc) is 3.58. The number of hydrogen-bond acceptors (Lipinski definition) is 4. The molecule has 196 valence electrons. The number of rotatable bonds is 4. The van der Waals surface area contributed by atoms with Crippen molar-refractivity contribution in [3.8, 4) is 0 Å². The lowest BCUT2D eigenvalue weighted by molar-refractivity contribution is 0.0646. The summed E-state index contributed by atoms with van der Waals surface area (Å²) < 4.78 is 30.2. The lowest BCUT2D eigenvalue weighted by Crippen LogP contribution is -2.52. The fourth-order valence-corrected chi connectivity index (χ4v) is 5.76. The van der Waals surface area contributed by atoms with Gasteiger partial charge in [-0.25, -0.2) is 18.6 Å². The molecule has 2 amide bonds. The molecule has 0 saturated carbocycles. The Labute approximate surface area is 214 Å². The number of halogens is 2. The van der Waals surface area contributed by atoms with E-state index in [0.717, 1.165) is 24.2 Å². The zero-order chi connectivity index (χ0) is 26.5. The number of nitrogens with zero attached hydrogens (tertiary/aromatic N) is 5. The third-order valence-electron chi connectivity index (χ3n) is 7.36. The number of carbonyl (C=O) groups excluding carboxylic acids is 1. The Morgan fingerprint density at radius 2 is 1.89 bits per heavy atom. The summed E-state index contributed by atoms with van der Waals surface area (Å²) >= 11 is 0. The molecule has 1 N–H and O–H groups in total. The van der Waals surface area contributed by atoms with Gasteiger partial charge in [0.2, 0.25) is 0 Å². The summed E-state index contributed by atoms with van der Waals surface area (Å²) in [7, 11) is 0. The molecule has 2 aliphatic heterocycles. The van der Waals surface area contributed by atoms with Gasteiger partial charge < -0.3 is 14.9 Å². The monoisotopic (exact) mass is 511 g/mol. The van der Waals surface area contributed by atoms with E-state index in [1.807, 2.05) is 44.0 Å². The first-order valence-corrected chi connectivity index (χ1v) is 12.5. The first-order chi connectivity index (χ1) is 17.5. The Hall–Kier alpha value is -3.69. The van der Waals surface area contributed by atoms with Crippen molar-refractivity contribution in [1.29, 1.82) is 0 Å². The minimum atomic E-state index is -0.999. The number of aromatic nitrogens is 2. The fraction of sp³-hybridized carbons (Fsp3) is 0.444. The predicted octanol–water partition coefficient (Wildman–Crippen LogP) is 4.95. The molecule has 0 aliphatic carbocycles. The number of pyridine rings is 1. The van der Waals surface area contributed by atoms with Crippen LogP contribution in [-0.4, -0.2) is 67.5 Å². The highest BCUT2D eigenvalue weighted by molar-refractivity contribution is 5.93. The van der Waals surface area contributed by atoms with E-state index in [9.17, 15) is 23.5 Å². The molecule has 1 aromatic carbocycles. The standard InChI is InChI=1S/C27H31F2N5O3/c1-27(2,3)34(26(36)37)19-10-12-31(15-19)25(35)23-14-30-24-9-7-18(16-33(23)24)32-11-4-5-22(32)20-13-17(28)6-8-21(20)29/h6-9,13-14,16,19,22H,4-5,10-12,15H2,1-3H3,(H,36,37)/t19-,22-/m0/s1. The van der Waals surface area contributed by atoms with E-state index in [4.69, 9.17) is 0 Å². The van der Waals surface area contributed by atoms with E-state index in [2.05, 4.69) is 4.98 Å². The second-order valence-electron chi connectivity index (χ2n) is 10.8. The van der Waals surface area contributed by atoms with Crippen molar-refractivity contribution >= 4 is 23.3 Å². The lowest BCUT2D eigenvalue weighted by atomic mass is 10.0. The molecule has 5 rings (SSSR count). The van der Waals surface area contributed by atoms with Crippen LogP contribution < -0.4 is 4.90 Å². The number of carbonyl (C=O) groups is 2. The molecule has 2 aromatic heterocycles. The number of carboxylic acid groups (broad SMARTS) is 1. The van der Waals surface area contributed by atoms with Crippen LogP contribution in [0.4, 0.5) is 19.3 Å². The summed E-state index contributed by atoms with van der Waals surface area (Å²) in [5, 5.41) is 9.75. The minimum absolute atomic E-state index is 0.222. The number of anilines is 1. The zero-order valence-electron chi connectivity index (χ0n) is 21.2. The SMILES string of the molecule is CC(C)(C)N(C(=O)O)[C@H]1CCN(C(=O)c2cnc3ccc(N4CCC[C@H]4c4cc(F)ccc4F)cn23)C1. The quantitative estimate of drug-likeness (QED) is 0.536. The Bertz CT molecular complexity index is 1350. The van der Waals surface area contributed by atoms with E-state index < -0.39 is 23.3 Å². The largest absolute Gasteiger partial charge is 0.465 e. The molecule has 8 nitrogen and oxygen atoms in total. The molecule has 37 heavy (non-hydrogen) atoms. The van der Waals surface area contributed by atoms with Gasteiger partial charge >= 0.3 is 6.09 Å². The van der Waals surface area contributed by atoms with Crippen LogP contribution >= 0.6 is 0 Å². The number of imidazole rings is 1. The van der Waals surface area contributed by atoms with Crippen LogP contribution in [0.2, 0.25) is 0 Å². The third kappa shape index (κ3) is 4.60. The summed E-state index contributed by atoms with van der Waals surface area (Å²) in [4.78, 5) is 34.9. The van der Waals surface area contributed by atoms with Crippen LogP contribution in [0.15, 0.2) is 42.7 Å². The maximum absolute atomic E-state index is 14.6. The van der Waals surface area contributed by atoms with Crippen LogP contribution in [0.5, 0.6) is 0 Å². The van der Waals surface area contributed by atoms with Crippen molar-refractivity contribution < 1.29 is 23.5 Å². The molecule has 10 heteroatoms. The Morgan fingerprint density at radius 3 is 2.62 bits per heavy atom. The molecule has 0 bridgehead atoms. The Kier molecular flexibility index (Phi) is 6.29. The maximum Gasteiger partial charge on any atom is 0.408 e. The van der Waals surface area contributed by atoms with Crippen LogP contribution in [0.25, 0.3) is 5.65 Å². The van der Waals surface area contributed by atoms with Crippen LogP contribution in [0.3, 0.4) is 0 Å². The zero-order valence-corrected chi connectivity index (χ0v) is 21.2. The second-order valence-corrected chi connectivity index (χ2v) is 10.8. The number of benzene rings is 1. The second kappa shape index (κ2) is 9.32. The van der Waals surface area contributed by atoms with E-state index in [-0.39, 0.29) is 18.0 Å². The smallest absolute Gasteiger partial charge is 0.408 e. The average molecular weight is 512 g/mol. The summed E-state index contributed by atoms with van der Waals surface area (Å²) in [6, 6.07) is 6.62. The van der Waals surface area contributed by atoms with E-state index in [0.29, 0.717) is 49.4 Å². The number of fused-ring (bicyclic) bond motifs is 1. The summed E-state index contributed by atoms with van der Waals surface area (Å²) in [6.07, 6.45) is 4.43. The van der Waals surface area contributed by atoms with Gasteiger partial charge in [0.25, 0.3) is 5.91 Å². The predicted molar refractivity (Wildman–Crippen MR) is 135 cm³/mol. The van der Waals surface area contributed by atoms with Gasteiger partial charge in [0, 0.05) is 36.9 Å². The first-order valence-electron chi connectivity index (χ1n) is 12.5. The van der Waals surface area contributed by atoms with Crippen molar-refractivity contribution in [1.82, 2.24) is 19.2 Å². The van der Waals surface area contributed by atoms with Crippen LogP contribution in [-0.2, 0) is 0 Å². The van der Waals surface area contributed by atoms with Gasteiger partial charge in [-0.2, -0.15) is 0 Å². The molecule has 2 saturated heterocycles. The normalized spacial score (nSPS) is 20.1. The van der Waals surface area contributed by atoms with Gasteiger partial charge in [0.1, 0.15) is 23.0 Å². The Balaban J connectivity index is 1.41. The van der Waals surface area contributed by atoms with E-state index >= 15 is 0 Å². The number of hydrogen-bond donors (Lipinski definition) is 1. The van der Waals surface area contributed by atoms with Gasteiger partial charge in [-0.15, -0.1) is 0 Å². The highest BCUT2D eigenvalue weighted by Crippen LogP contribution is 2.37. The highest BCUT2D eigenvalue weighted by Gasteiger charge is 2.39. The van der Waals surface area contributed by atoms with Gasteiger partial charge in [0.05, 0.1) is 24.0 Å². The molecular formula is C27H31F2N5O3. The molecule has 2 fully saturated rings. The topological polar surface area (TPSA) is 81.4 Å². The van der Waals surface area contributed by atoms with Gasteiger partial charge in [0.15, 0.2) is 0 Å². The fourth-order valence-electron chi connectivity index (χ4n) is 5.76. The van der Waals surface area contributed by atoms with Crippen molar-refractivity contribution in [2.45, 2.75) is 57.7 Å². The molecule has 0 radical (unpaired) electrons. The van der Waals surface area contributed by atoms with E-state index in [1.165, 1.54) is 17.2 Å². The van der Waals surface area contributed by atoms with Crippen LogP contribution in [0, 0.1) is 11.6 Å². The summed E-state index contributed by atoms with van der Waals surface area (Å²) in [6.45, 7) is 6.97. The maximum atomic E-state index is 14.6. The molecular weight excluding hydrogens is 480 g/mol. The molecule has 0 spiro atoms. The van der Waals surface area contributed by atoms with Crippen molar-refractivity contribution in [3.63, 3.8) is 0 Å². The summed E-state index contributed by atoms with van der Waals surface area (Å²) in [5.74, 6) is -1.13. The molecule has 2 atom stereocenters. The van der Waals surface area contributed by atoms with Gasteiger partial charge in [-0.1, -0.05) is 0 Å². The molecule has 2 aliphatic rings. The lowest BCUT2D eigenvalue weighted by Gasteiger charge is -2.37. The number of likely N-dealkylation sites (tertiary alicyclic amines) is 1. The van der Waals surface area contributed by atoms with E-state index in [1.54, 1.807) is 9.30 Å². The highest BCUT2D eigenvalue weighted by atomic mass is 19.1.